The number of aromatic nitrogens is 1. The van der Waals surface area contributed by atoms with E-state index in [1.807, 2.05) is 66.9 Å². The number of ether oxygens (including phenoxy) is 1. The van der Waals surface area contributed by atoms with Crippen molar-refractivity contribution in [3.8, 4) is 5.75 Å². The minimum absolute atomic E-state index is 0.123. The summed E-state index contributed by atoms with van der Waals surface area (Å²) in [5, 5.41) is 7.20. The molecule has 1 heterocycles. The van der Waals surface area contributed by atoms with Gasteiger partial charge >= 0.3 is 0 Å². The summed E-state index contributed by atoms with van der Waals surface area (Å²) >= 11 is 3.54. The number of hydrazone groups is 1. The summed E-state index contributed by atoms with van der Waals surface area (Å²) in [5.41, 5.74) is 4.42. The molecule has 4 rings (SSSR count). The van der Waals surface area contributed by atoms with Crippen LogP contribution in [-0.4, -0.2) is 23.7 Å². The molecule has 0 spiro atoms. The van der Waals surface area contributed by atoms with E-state index in [1.54, 1.807) is 6.21 Å². The highest BCUT2D eigenvalue weighted by atomic mass is 79.9. The zero-order valence-corrected chi connectivity index (χ0v) is 15.9. The van der Waals surface area contributed by atoms with Gasteiger partial charge in [-0.25, -0.2) is 5.43 Å². The first-order valence-electron chi connectivity index (χ1n) is 8.40. The van der Waals surface area contributed by atoms with Gasteiger partial charge < -0.3 is 9.72 Å². The van der Waals surface area contributed by atoms with Gasteiger partial charge in [-0.1, -0.05) is 48.5 Å². The fourth-order valence-electron chi connectivity index (χ4n) is 2.88. The largest absolute Gasteiger partial charge is 0.483 e. The average molecular weight is 422 g/mol. The van der Waals surface area contributed by atoms with Crippen LogP contribution in [0, 0.1) is 0 Å². The molecule has 0 aliphatic heterocycles. The maximum absolute atomic E-state index is 12.0. The molecule has 0 aliphatic rings. The average Bonchev–Trinajstić information content (AvgIpc) is 3.11. The first-order chi connectivity index (χ1) is 13.2. The normalized spacial score (nSPS) is 11.3. The second kappa shape index (κ2) is 7.63. The van der Waals surface area contributed by atoms with Crippen LogP contribution < -0.4 is 10.2 Å². The zero-order chi connectivity index (χ0) is 18.6. The molecule has 3 aromatic carbocycles. The molecule has 2 N–H and O–H groups in total. The lowest BCUT2D eigenvalue weighted by molar-refractivity contribution is -0.123. The number of para-hydroxylation sites is 1. The number of rotatable bonds is 5. The number of fused-ring (bicyclic) bond motifs is 2. The van der Waals surface area contributed by atoms with Crippen LogP contribution in [0.25, 0.3) is 21.7 Å². The maximum Gasteiger partial charge on any atom is 0.277 e. The molecule has 0 bridgehead atoms. The molecule has 27 heavy (non-hydrogen) atoms. The van der Waals surface area contributed by atoms with E-state index in [9.17, 15) is 4.79 Å². The van der Waals surface area contributed by atoms with Gasteiger partial charge in [0, 0.05) is 22.7 Å². The Balaban J connectivity index is 1.38. The lowest BCUT2D eigenvalue weighted by atomic mass is 10.1. The van der Waals surface area contributed by atoms with Crippen LogP contribution in [-0.2, 0) is 4.79 Å². The predicted octanol–water partition coefficient (Wildman–Crippen LogP) is 4.61. The molecule has 0 fully saturated rings. The highest BCUT2D eigenvalue weighted by Crippen LogP contribution is 2.32. The lowest BCUT2D eigenvalue weighted by Crippen LogP contribution is -2.24. The molecule has 4 aromatic rings. The van der Waals surface area contributed by atoms with Crippen molar-refractivity contribution < 1.29 is 9.53 Å². The fourth-order valence-corrected chi connectivity index (χ4v) is 3.48. The van der Waals surface area contributed by atoms with Crippen LogP contribution in [0.5, 0.6) is 5.75 Å². The highest BCUT2D eigenvalue weighted by Gasteiger charge is 2.08. The van der Waals surface area contributed by atoms with Crippen LogP contribution >= 0.6 is 15.9 Å². The zero-order valence-electron chi connectivity index (χ0n) is 14.3. The Bertz CT molecular complexity index is 1150. The van der Waals surface area contributed by atoms with Crippen LogP contribution in [0.3, 0.4) is 0 Å². The third-order valence-corrected chi connectivity index (χ3v) is 5.02. The molecule has 0 saturated heterocycles. The molecule has 0 saturated carbocycles. The summed E-state index contributed by atoms with van der Waals surface area (Å²) in [7, 11) is 0. The summed E-state index contributed by atoms with van der Waals surface area (Å²) in [5.74, 6) is 0.288. The molecule has 0 unspecified atom stereocenters. The number of amides is 1. The van der Waals surface area contributed by atoms with Crippen molar-refractivity contribution in [2.45, 2.75) is 0 Å². The predicted molar refractivity (Wildman–Crippen MR) is 111 cm³/mol. The minimum Gasteiger partial charge on any atom is -0.483 e. The number of halogens is 1. The third-order valence-electron chi connectivity index (χ3n) is 4.20. The van der Waals surface area contributed by atoms with Gasteiger partial charge in [0.1, 0.15) is 5.75 Å². The van der Waals surface area contributed by atoms with E-state index in [-0.39, 0.29) is 12.5 Å². The first-order valence-corrected chi connectivity index (χ1v) is 9.20. The van der Waals surface area contributed by atoms with Crippen molar-refractivity contribution in [1.29, 1.82) is 0 Å². The van der Waals surface area contributed by atoms with Gasteiger partial charge in [0.2, 0.25) is 0 Å². The molecular formula is C21H16BrN3O2. The maximum atomic E-state index is 12.0. The number of hydrogen-bond donors (Lipinski definition) is 2. The van der Waals surface area contributed by atoms with Crippen molar-refractivity contribution >= 4 is 49.7 Å². The standard InChI is InChI=1S/C21H16BrN3O2/c22-21-17-7-2-1-5-14(17)9-10-19(21)27-13-20(26)25-24-12-15-11-23-18-8-4-3-6-16(15)18/h1-12,23H,13H2,(H,25,26)/b24-12+. The number of nitrogens with one attached hydrogen (secondary N) is 2. The highest BCUT2D eigenvalue weighted by molar-refractivity contribution is 9.10. The molecule has 1 amide bonds. The van der Waals surface area contributed by atoms with Gasteiger partial charge in [0.15, 0.2) is 6.61 Å². The first kappa shape index (κ1) is 17.3. The summed E-state index contributed by atoms with van der Waals surface area (Å²) < 4.78 is 6.46. The van der Waals surface area contributed by atoms with Crippen molar-refractivity contribution in [2.75, 3.05) is 6.61 Å². The number of benzene rings is 3. The van der Waals surface area contributed by atoms with Gasteiger partial charge in [-0.15, -0.1) is 0 Å². The Morgan fingerprint density at radius 1 is 1.07 bits per heavy atom. The van der Waals surface area contributed by atoms with E-state index < -0.39 is 0 Å². The molecule has 134 valence electrons. The van der Waals surface area contributed by atoms with Crippen molar-refractivity contribution in [3.05, 3.63) is 76.9 Å². The minimum atomic E-state index is -0.328. The molecule has 0 radical (unpaired) electrons. The molecule has 1 aromatic heterocycles. The van der Waals surface area contributed by atoms with Crippen LogP contribution in [0.15, 0.2) is 76.4 Å². The fraction of sp³-hybridized carbons (Fsp3) is 0.0476. The van der Waals surface area contributed by atoms with Gasteiger partial charge in [-0.3, -0.25) is 4.79 Å². The van der Waals surface area contributed by atoms with Crippen molar-refractivity contribution in [3.63, 3.8) is 0 Å². The summed E-state index contributed by atoms with van der Waals surface area (Å²) in [6.07, 6.45) is 3.46. The Kier molecular flexibility index (Phi) is 4.89. The second-order valence-electron chi connectivity index (χ2n) is 5.97. The Morgan fingerprint density at radius 2 is 1.85 bits per heavy atom. The van der Waals surface area contributed by atoms with E-state index in [4.69, 9.17) is 4.74 Å². The van der Waals surface area contributed by atoms with E-state index in [1.165, 1.54) is 0 Å². The monoisotopic (exact) mass is 421 g/mol. The van der Waals surface area contributed by atoms with E-state index in [0.29, 0.717) is 5.75 Å². The molecule has 0 atom stereocenters. The van der Waals surface area contributed by atoms with Gasteiger partial charge in [0.05, 0.1) is 10.7 Å². The van der Waals surface area contributed by atoms with Gasteiger partial charge in [-0.2, -0.15) is 5.10 Å². The van der Waals surface area contributed by atoms with E-state index in [0.717, 1.165) is 31.7 Å². The van der Waals surface area contributed by atoms with Gasteiger partial charge in [-0.05, 0) is 38.8 Å². The summed E-state index contributed by atoms with van der Waals surface area (Å²) in [6.45, 7) is -0.123. The van der Waals surface area contributed by atoms with Crippen molar-refractivity contribution in [1.82, 2.24) is 10.4 Å². The van der Waals surface area contributed by atoms with E-state index >= 15 is 0 Å². The second-order valence-corrected chi connectivity index (χ2v) is 6.76. The molecule has 6 heteroatoms. The Hall–Kier alpha value is -3.12. The number of H-pyrrole nitrogens is 1. The molecule has 5 nitrogen and oxygen atoms in total. The number of carbonyl (C=O) groups excluding carboxylic acids is 1. The van der Waals surface area contributed by atoms with Gasteiger partial charge in [0.25, 0.3) is 5.91 Å². The number of aromatic amines is 1. The van der Waals surface area contributed by atoms with Crippen LogP contribution in [0.1, 0.15) is 5.56 Å². The number of nitrogens with zero attached hydrogens (tertiary/aromatic N) is 1. The number of carbonyl (C=O) groups is 1. The molecular weight excluding hydrogens is 406 g/mol. The quantitative estimate of drug-likeness (QED) is 0.364. The van der Waals surface area contributed by atoms with Crippen LogP contribution in [0.2, 0.25) is 0 Å². The third kappa shape index (κ3) is 3.71. The summed E-state index contributed by atoms with van der Waals surface area (Å²) in [4.78, 5) is 15.2. The smallest absolute Gasteiger partial charge is 0.277 e. The lowest BCUT2D eigenvalue weighted by Gasteiger charge is -2.09. The topological polar surface area (TPSA) is 66.5 Å². The Labute approximate surface area is 164 Å². The summed E-state index contributed by atoms with van der Waals surface area (Å²) in [6, 6.07) is 19.7. The van der Waals surface area contributed by atoms with Crippen molar-refractivity contribution in [2.24, 2.45) is 5.10 Å². The number of hydrogen-bond acceptors (Lipinski definition) is 3. The van der Waals surface area contributed by atoms with E-state index in [2.05, 4.69) is 31.4 Å². The Morgan fingerprint density at radius 3 is 2.74 bits per heavy atom. The van der Waals surface area contributed by atoms with Crippen LogP contribution in [0.4, 0.5) is 0 Å². The SMILES string of the molecule is O=C(COc1ccc2ccccc2c1Br)N/N=C/c1c[nH]c2ccccc12. The molecule has 0 aliphatic carbocycles.